The first kappa shape index (κ1) is 14.5. The van der Waals surface area contributed by atoms with Crippen LogP contribution in [0.2, 0.25) is 0 Å². The van der Waals surface area contributed by atoms with Gasteiger partial charge in [0.15, 0.2) is 0 Å². The lowest BCUT2D eigenvalue weighted by Crippen LogP contribution is -2.05. The van der Waals surface area contributed by atoms with Gasteiger partial charge in [0, 0.05) is 16.2 Å². The summed E-state index contributed by atoms with van der Waals surface area (Å²) in [6.07, 6.45) is 3.38. The van der Waals surface area contributed by atoms with Gasteiger partial charge in [-0.2, -0.15) is 0 Å². The van der Waals surface area contributed by atoms with Crippen molar-refractivity contribution in [3.8, 4) is 16.9 Å². The van der Waals surface area contributed by atoms with Crippen molar-refractivity contribution in [2.45, 2.75) is 20.0 Å². The fourth-order valence-corrected chi connectivity index (χ4v) is 2.20. The first-order valence-electron chi connectivity index (χ1n) is 6.12. The van der Waals surface area contributed by atoms with Gasteiger partial charge in [0.05, 0.1) is 17.9 Å². The molecular formula is C15H14BrNO3. The number of hydrogen-bond donors (Lipinski definition) is 1. The summed E-state index contributed by atoms with van der Waals surface area (Å²) in [7, 11) is 0. The Morgan fingerprint density at radius 1 is 1.25 bits per heavy atom. The highest BCUT2D eigenvalue weighted by Crippen LogP contribution is 2.27. The molecule has 0 aliphatic carbocycles. The molecule has 1 heterocycles. The Hall–Kier alpha value is -1.88. The van der Waals surface area contributed by atoms with E-state index in [1.807, 2.05) is 26.0 Å². The van der Waals surface area contributed by atoms with Gasteiger partial charge >= 0.3 is 5.97 Å². The Labute approximate surface area is 125 Å². The molecule has 0 radical (unpaired) electrons. The second-order valence-corrected chi connectivity index (χ2v) is 5.43. The van der Waals surface area contributed by atoms with Crippen molar-refractivity contribution in [2.75, 3.05) is 0 Å². The third kappa shape index (κ3) is 3.36. The largest absolute Gasteiger partial charge is 0.489 e. The molecule has 0 saturated heterocycles. The number of nitrogens with zero attached hydrogens (tertiary/aromatic N) is 1. The second kappa shape index (κ2) is 6.05. The van der Waals surface area contributed by atoms with E-state index >= 15 is 0 Å². The lowest BCUT2D eigenvalue weighted by Gasteiger charge is -2.11. The van der Waals surface area contributed by atoms with Gasteiger partial charge in [-0.05, 0) is 53.5 Å². The zero-order valence-corrected chi connectivity index (χ0v) is 12.7. The van der Waals surface area contributed by atoms with E-state index in [1.54, 1.807) is 24.5 Å². The predicted octanol–water partition coefficient (Wildman–Crippen LogP) is 4.00. The van der Waals surface area contributed by atoms with E-state index in [0.717, 1.165) is 11.1 Å². The van der Waals surface area contributed by atoms with Crippen molar-refractivity contribution in [3.05, 3.63) is 46.7 Å². The highest BCUT2D eigenvalue weighted by Gasteiger charge is 2.10. The molecule has 1 N–H and O–H groups in total. The van der Waals surface area contributed by atoms with Crippen LogP contribution in [0.15, 0.2) is 41.1 Å². The summed E-state index contributed by atoms with van der Waals surface area (Å²) >= 11 is 3.23. The molecule has 104 valence electrons. The molecule has 1 aromatic heterocycles. The monoisotopic (exact) mass is 335 g/mol. The molecule has 5 heteroatoms. The normalized spacial score (nSPS) is 10.6. The van der Waals surface area contributed by atoms with Crippen LogP contribution in [0.25, 0.3) is 11.1 Å². The number of pyridine rings is 1. The lowest BCUT2D eigenvalue weighted by molar-refractivity contribution is 0.0696. The van der Waals surface area contributed by atoms with Gasteiger partial charge in [-0.25, -0.2) is 4.79 Å². The quantitative estimate of drug-likeness (QED) is 0.917. The molecule has 0 amide bonds. The van der Waals surface area contributed by atoms with Crippen LogP contribution >= 0.6 is 15.9 Å². The standard InChI is InChI=1S/C15H14BrNO3/c1-9(2)20-12-5-11(7-17-8-12)10-3-4-14(16)13(6-10)15(18)19/h3-9H,1-2H3,(H,18,19). The summed E-state index contributed by atoms with van der Waals surface area (Å²) in [6, 6.07) is 7.02. The highest BCUT2D eigenvalue weighted by atomic mass is 79.9. The average molecular weight is 336 g/mol. The third-order valence-corrected chi connectivity index (χ3v) is 3.31. The Balaban J connectivity index is 2.41. The summed E-state index contributed by atoms with van der Waals surface area (Å²) < 4.78 is 6.14. The number of aromatic carboxylic acids is 1. The fourth-order valence-electron chi connectivity index (χ4n) is 1.78. The predicted molar refractivity (Wildman–Crippen MR) is 80.1 cm³/mol. The topological polar surface area (TPSA) is 59.4 Å². The van der Waals surface area contributed by atoms with Crippen LogP contribution in [-0.2, 0) is 0 Å². The fraction of sp³-hybridized carbons (Fsp3) is 0.200. The van der Waals surface area contributed by atoms with Crippen LogP contribution < -0.4 is 4.74 Å². The van der Waals surface area contributed by atoms with Crippen molar-refractivity contribution in [1.82, 2.24) is 4.98 Å². The molecular weight excluding hydrogens is 322 g/mol. The van der Waals surface area contributed by atoms with Crippen LogP contribution in [-0.4, -0.2) is 22.2 Å². The minimum absolute atomic E-state index is 0.0616. The minimum atomic E-state index is -0.971. The van der Waals surface area contributed by atoms with Gasteiger partial charge in [0.1, 0.15) is 5.75 Å². The molecule has 0 bridgehead atoms. The van der Waals surface area contributed by atoms with E-state index in [0.29, 0.717) is 10.2 Å². The summed E-state index contributed by atoms with van der Waals surface area (Å²) in [5, 5.41) is 9.14. The van der Waals surface area contributed by atoms with E-state index in [-0.39, 0.29) is 11.7 Å². The lowest BCUT2D eigenvalue weighted by atomic mass is 10.0. The molecule has 1 aromatic carbocycles. The minimum Gasteiger partial charge on any atom is -0.489 e. The summed E-state index contributed by atoms with van der Waals surface area (Å²) in [6.45, 7) is 3.88. The number of carboxylic acids is 1. The highest BCUT2D eigenvalue weighted by molar-refractivity contribution is 9.10. The van der Waals surface area contributed by atoms with Gasteiger partial charge in [-0.3, -0.25) is 4.98 Å². The molecule has 2 aromatic rings. The first-order valence-corrected chi connectivity index (χ1v) is 6.91. The number of ether oxygens (including phenoxy) is 1. The van der Waals surface area contributed by atoms with Crippen molar-refractivity contribution in [2.24, 2.45) is 0 Å². The van der Waals surface area contributed by atoms with Crippen molar-refractivity contribution in [3.63, 3.8) is 0 Å². The van der Waals surface area contributed by atoms with E-state index < -0.39 is 5.97 Å². The Bertz CT molecular complexity index is 641. The van der Waals surface area contributed by atoms with E-state index in [1.165, 1.54) is 0 Å². The van der Waals surface area contributed by atoms with Crippen LogP contribution in [0.5, 0.6) is 5.75 Å². The number of aromatic nitrogens is 1. The third-order valence-electron chi connectivity index (χ3n) is 2.62. The second-order valence-electron chi connectivity index (χ2n) is 4.58. The maximum absolute atomic E-state index is 11.1. The van der Waals surface area contributed by atoms with Crippen LogP contribution in [0.1, 0.15) is 24.2 Å². The molecule has 4 nitrogen and oxygen atoms in total. The first-order chi connectivity index (χ1) is 9.47. The molecule has 0 fully saturated rings. The molecule has 0 aliphatic heterocycles. The van der Waals surface area contributed by atoms with Crippen molar-refractivity contribution in [1.29, 1.82) is 0 Å². The maximum atomic E-state index is 11.1. The van der Waals surface area contributed by atoms with E-state index in [2.05, 4.69) is 20.9 Å². The molecule has 0 aliphatic rings. The van der Waals surface area contributed by atoms with Gasteiger partial charge in [-0.1, -0.05) is 6.07 Å². The maximum Gasteiger partial charge on any atom is 0.336 e. The number of halogens is 1. The molecule has 0 atom stereocenters. The number of hydrogen-bond acceptors (Lipinski definition) is 3. The van der Waals surface area contributed by atoms with Gasteiger partial charge < -0.3 is 9.84 Å². The van der Waals surface area contributed by atoms with Crippen molar-refractivity contribution >= 4 is 21.9 Å². The molecule has 20 heavy (non-hydrogen) atoms. The zero-order chi connectivity index (χ0) is 14.7. The van der Waals surface area contributed by atoms with E-state index in [9.17, 15) is 4.79 Å². The molecule has 0 unspecified atom stereocenters. The zero-order valence-electron chi connectivity index (χ0n) is 11.1. The van der Waals surface area contributed by atoms with Gasteiger partial charge in [-0.15, -0.1) is 0 Å². The summed E-state index contributed by atoms with van der Waals surface area (Å²) in [5.41, 5.74) is 1.82. The van der Waals surface area contributed by atoms with Gasteiger partial charge in [0.25, 0.3) is 0 Å². The number of carbonyl (C=O) groups is 1. The van der Waals surface area contributed by atoms with Crippen LogP contribution in [0.3, 0.4) is 0 Å². The van der Waals surface area contributed by atoms with Gasteiger partial charge in [0.2, 0.25) is 0 Å². The SMILES string of the molecule is CC(C)Oc1cncc(-c2ccc(Br)c(C(=O)O)c2)c1. The smallest absolute Gasteiger partial charge is 0.336 e. The molecule has 0 saturated carbocycles. The summed E-state index contributed by atoms with van der Waals surface area (Å²) in [5.74, 6) is -0.307. The Morgan fingerprint density at radius 2 is 2.00 bits per heavy atom. The van der Waals surface area contributed by atoms with Crippen molar-refractivity contribution < 1.29 is 14.6 Å². The molecule has 2 rings (SSSR count). The molecule has 0 spiro atoms. The summed E-state index contributed by atoms with van der Waals surface area (Å²) in [4.78, 5) is 15.3. The Morgan fingerprint density at radius 3 is 2.65 bits per heavy atom. The number of carboxylic acid groups (broad SMARTS) is 1. The Kier molecular flexibility index (Phi) is 4.39. The van der Waals surface area contributed by atoms with E-state index in [4.69, 9.17) is 9.84 Å². The van der Waals surface area contributed by atoms with Crippen LogP contribution in [0.4, 0.5) is 0 Å². The van der Waals surface area contributed by atoms with Crippen LogP contribution in [0, 0.1) is 0 Å². The number of rotatable bonds is 4. The average Bonchev–Trinajstić information content (AvgIpc) is 2.38. The number of benzene rings is 1.